The van der Waals surface area contributed by atoms with E-state index in [-0.39, 0.29) is 18.5 Å². The number of nitrogens with zero attached hydrogens (tertiary/aromatic N) is 1. The summed E-state index contributed by atoms with van der Waals surface area (Å²) in [5.41, 5.74) is 0.909. The number of hydrogen-bond acceptors (Lipinski definition) is 4. The quantitative estimate of drug-likeness (QED) is 0.556. The van der Waals surface area contributed by atoms with E-state index in [9.17, 15) is 9.59 Å². The second-order valence-corrected chi connectivity index (χ2v) is 5.52. The average Bonchev–Trinajstić information content (AvgIpc) is 2.82. The van der Waals surface area contributed by atoms with Gasteiger partial charge in [-0.1, -0.05) is 11.8 Å². The number of amides is 3. The van der Waals surface area contributed by atoms with Crippen molar-refractivity contribution in [2.24, 2.45) is 0 Å². The highest BCUT2D eigenvalue weighted by atomic mass is 32.1. The van der Waals surface area contributed by atoms with Gasteiger partial charge in [-0.15, -0.1) is 11.3 Å². The molecular weight excluding hydrogens is 290 g/mol. The lowest BCUT2D eigenvalue weighted by Crippen LogP contribution is -2.39. The normalized spacial score (nSPS) is 9.52. The molecule has 3 amide bonds. The van der Waals surface area contributed by atoms with Crippen LogP contribution in [0, 0.1) is 18.8 Å². The Balaban J connectivity index is 2.47. The van der Waals surface area contributed by atoms with Gasteiger partial charge in [-0.2, -0.15) is 0 Å². The molecule has 0 radical (unpaired) electrons. The van der Waals surface area contributed by atoms with Crippen molar-refractivity contribution in [2.75, 3.05) is 33.8 Å². The van der Waals surface area contributed by atoms with E-state index in [1.165, 1.54) is 16.2 Å². The summed E-state index contributed by atoms with van der Waals surface area (Å²) in [6.45, 7) is 2.38. The summed E-state index contributed by atoms with van der Waals surface area (Å²) in [6.07, 6.45) is 0. The van der Waals surface area contributed by atoms with Gasteiger partial charge in [0.15, 0.2) is 0 Å². The SMILES string of the molecule is Cc1cc(C(=O)NCCNC(=O)N(C)C)sc1C#CCO. The van der Waals surface area contributed by atoms with E-state index >= 15 is 0 Å². The zero-order valence-corrected chi connectivity index (χ0v) is 13.1. The Morgan fingerprint density at radius 1 is 1.33 bits per heavy atom. The molecule has 1 aromatic heterocycles. The second-order valence-electron chi connectivity index (χ2n) is 4.46. The number of thiophene rings is 1. The van der Waals surface area contributed by atoms with Crippen LogP contribution < -0.4 is 10.6 Å². The van der Waals surface area contributed by atoms with Gasteiger partial charge < -0.3 is 20.6 Å². The number of carbonyl (C=O) groups is 2. The first-order valence-electron chi connectivity index (χ1n) is 6.39. The Bertz CT molecular complexity index is 570. The Morgan fingerprint density at radius 3 is 2.62 bits per heavy atom. The number of urea groups is 1. The minimum absolute atomic E-state index is 0.195. The predicted molar refractivity (Wildman–Crippen MR) is 82.4 cm³/mol. The third-order valence-electron chi connectivity index (χ3n) is 2.52. The van der Waals surface area contributed by atoms with Crippen LogP contribution in [0.4, 0.5) is 4.79 Å². The van der Waals surface area contributed by atoms with E-state index < -0.39 is 0 Å². The molecule has 1 heterocycles. The molecule has 0 fully saturated rings. The molecule has 0 bridgehead atoms. The van der Waals surface area contributed by atoms with Crippen LogP contribution in [0.15, 0.2) is 6.07 Å². The summed E-state index contributed by atoms with van der Waals surface area (Å²) >= 11 is 1.28. The van der Waals surface area contributed by atoms with Crippen LogP contribution in [0.3, 0.4) is 0 Å². The molecule has 3 N–H and O–H groups in total. The van der Waals surface area contributed by atoms with E-state index in [0.717, 1.165) is 10.4 Å². The summed E-state index contributed by atoms with van der Waals surface area (Å²) in [4.78, 5) is 26.0. The van der Waals surface area contributed by atoms with Crippen molar-refractivity contribution in [2.45, 2.75) is 6.92 Å². The average molecular weight is 309 g/mol. The Kier molecular flexibility index (Phi) is 6.72. The highest BCUT2D eigenvalue weighted by molar-refractivity contribution is 7.14. The van der Waals surface area contributed by atoms with Gasteiger partial charge in [0.25, 0.3) is 5.91 Å². The van der Waals surface area contributed by atoms with Crippen molar-refractivity contribution in [1.82, 2.24) is 15.5 Å². The molecule has 21 heavy (non-hydrogen) atoms. The Morgan fingerprint density at radius 2 is 2.00 bits per heavy atom. The molecule has 114 valence electrons. The first-order chi connectivity index (χ1) is 9.95. The lowest BCUT2D eigenvalue weighted by molar-refractivity contribution is 0.0957. The molecule has 0 atom stereocenters. The maximum atomic E-state index is 11.9. The second kappa shape index (κ2) is 8.29. The molecule has 0 aromatic carbocycles. The first-order valence-corrected chi connectivity index (χ1v) is 7.21. The molecular formula is C14H19N3O3S. The number of carbonyl (C=O) groups excluding carboxylic acids is 2. The molecule has 7 heteroatoms. The summed E-state index contributed by atoms with van der Waals surface area (Å²) in [5.74, 6) is 5.18. The molecule has 0 saturated carbocycles. The summed E-state index contributed by atoms with van der Waals surface area (Å²) in [7, 11) is 3.30. The van der Waals surface area contributed by atoms with Gasteiger partial charge in [0.1, 0.15) is 6.61 Å². The number of aliphatic hydroxyl groups is 1. The zero-order chi connectivity index (χ0) is 15.8. The van der Waals surface area contributed by atoms with Crippen molar-refractivity contribution >= 4 is 23.3 Å². The third kappa shape index (κ3) is 5.45. The standard InChI is InChI=1S/C14H19N3O3S/c1-10-9-12(21-11(10)5-4-8-18)13(19)15-6-7-16-14(20)17(2)3/h9,18H,6-8H2,1-3H3,(H,15,19)(H,16,20). The van der Waals surface area contributed by atoms with E-state index in [4.69, 9.17) is 5.11 Å². The highest BCUT2D eigenvalue weighted by Gasteiger charge is 2.11. The van der Waals surface area contributed by atoms with Gasteiger partial charge >= 0.3 is 6.03 Å². The summed E-state index contributed by atoms with van der Waals surface area (Å²) in [5, 5.41) is 14.1. The Hall–Kier alpha value is -2.04. The fourth-order valence-electron chi connectivity index (χ4n) is 1.43. The molecule has 0 unspecified atom stereocenters. The van der Waals surface area contributed by atoms with Crippen molar-refractivity contribution < 1.29 is 14.7 Å². The van der Waals surface area contributed by atoms with Gasteiger partial charge in [0, 0.05) is 27.2 Å². The van der Waals surface area contributed by atoms with Gasteiger partial charge in [0.2, 0.25) is 0 Å². The third-order valence-corrected chi connectivity index (χ3v) is 3.67. The number of nitrogens with one attached hydrogen (secondary N) is 2. The van der Waals surface area contributed by atoms with Gasteiger partial charge in [0.05, 0.1) is 9.75 Å². The van der Waals surface area contributed by atoms with E-state index in [2.05, 4.69) is 22.5 Å². The first kappa shape index (κ1) is 17.0. The molecule has 0 spiro atoms. The van der Waals surface area contributed by atoms with Crippen LogP contribution in [-0.2, 0) is 0 Å². The van der Waals surface area contributed by atoms with Crippen LogP contribution >= 0.6 is 11.3 Å². The molecule has 0 saturated heterocycles. The Labute approximate surface area is 128 Å². The number of aliphatic hydroxyl groups excluding tert-OH is 1. The molecule has 0 aliphatic rings. The van der Waals surface area contributed by atoms with Gasteiger partial charge in [-0.25, -0.2) is 4.79 Å². The van der Waals surface area contributed by atoms with Crippen molar-refractivity contribution in [3.8, 4) is 11.8 Å². The number of aryl methyl sites for hydroxylation is 1. The number of hydrogen-bond donors (Lipinski definition) is 3. The summed E-state index contributed by atoms with van der Waals surface area (Å²) < 4.78 is 0. The minimum Gasteiger partial charge on any atom is -0.384 e. The molecule has 6 nitrogen and oxygen atoms in total. The topological polar surface area (TPSA) is 81.7 Å². The molecule has 1 rings (SSSR count). The monoisotopic (exact) mass is 309 g/mol. The largest absolute Gasteiger partial charge is 0.384 e. The van der Waals surface area contributed by atoms with Crippen molar-refractivity contribution in [3.05, 3.63) is 21.4 Å². The van der Waals surface area contributed by atoms with E-state index in [0.29, 0.717) is 18.0 Å². The zero-order valence-electron chi connectivity index (χ0n) is 12.3. The fraction of sp³-hybridized carbons (Fsp3) is 0.429. The maximum Gasteiger partial charge on any atom is 0.316 e. The van der Waals surface area contributed by atoms with Crippen LogP contribution in [-0.4, -0.2) is 55.7 Å². The van der Waals surface area contributed by atoms with Gasteiger partial charge in [-0.05, 0) is 18.6 Å². The fourth-order valence-corrected chi connectivity index (χ4v) is 2.39. The van der Waals surface area contributed by atoms with Crippen molar-refractivity contribution in [3.63, 3.8) is 0 Å². The molecule has 0 aliphatic heterocycles. The van der Waals surface area contributed by atoms with Crippen LogP contribution in [0.25, 0.3) is 0 Å². The number of rotatable bonds is 4. The molecule has 0 aliphatic carbocycles. The summed E-state index contributed by atoms with van der Waals surface area (Å²) in [6, 6.07) is 1.57. The van der Waals surface area contributed by atoms with Crippen LogP contribution in [0.5, 0.6) is 0 Å². The predicted octanol–water partition coefficient (Wildman–Crippen LogP) is 0.401. The van der Waals surface area contributed by atoms with Crippen LogP contribution in [0.1, 0.15) is 20.1 Å². The molecule has 1 aromatic rings. The van der Waals surface area contributed by atoms with E-state index in [1.54, 1.807) is 20.2 Å². The van der Waals surface area contributed by atoms with E-state index in [1.807, 2.05) is 6.92 Å². The van der Waals surface area contributed by atoms with Crippen molar-refractivity contribution in [1.29, 1.82) is 0 Å². The minimum atomic E-state index is -0.204. The lowest BCUT2D eigenvalue weighted by atomic mass is 10.2. The highest BCUT2D eigenvalue weighted by Crippen LogP contribution is 2.20. The maximum absolute atomic E-state index is 11.9. The van der Waals surface area contributed by atoms with Crippen LogP contribution in [0.2, 0.25) is 0 Å². The van der Waals surface area contributed by atoms with Gasteiger partial charge in [-0.3, -0.25) is 4.79 Å². The lowest BCUT2D eigenvalue weighted by Gasteiger charge is -2.11. The smallest absolute Gasteiger partial charge is 0.316 e.